The van der Waals surface area contributed by atoms with Crippen molar-refractivity contribution in [2.75, 3.05) is 11.9 Å². The summed E-state index contributed by atoms with van der Waals surface area (Å²) in [6.07, 6.45) is 6.87. The normalized spacial score (nSPS) is 18.0. The zero-order valence-corrected chi connectivity index (χ0v) is 19.7. The van der Waals surface area contributed by atoms with Gasteiger partial charge < -0.3 is 15.1 Å². The molecule has 0 radical (unpaired) electrons. The number of anilines is 1. The second-order valence-corrected chi connectivity index (χ2v) is 11.0. The molecule has 0 spiro atoms. The molecule has 4 N–H and O–H groups in total. The van der Waals surface area contributed by atoms with Crippen LogP contribution in [-0.2, 0) is 20.2 Å². The molecule has 0 aromatic heterocycles. The highest BCUT2D eigenvalue weighted by molar-refractivity contribution is 7.86. The van der Waals surface area contributed by atoms with Crippen LogP contribution in [0.1, 0.15) is 18.1 Å². The molecule has 3 aromatic carbocycles. The molecule has 1 aliphatic rings. The van der Waals surface area contributed by atoms with Crippen LogP contribution in [0.15, 0.2) is 64.4 Å². The van der Waals surface area contributed by atoms with Crippen molar-refractivity contribution in [2.45, 2.75) is 22.3 Å². The summed E-state index contributed by atoms with van der Waals surface area (Å²) in [4.78, 5) is 1.03. The largest absolute Gasteiger partial charge is 0.507 e. The number of hydrogen-bond acceptors (Lipinski definition) is 7. The van der Waals surface area contributed by atoms with Gasteiger partial charge in [0.1, 0.15) is 11.5 Å². The number of aromatic hydroxyl groups is 2. The number of nitrogens with zero attached hydrogens (tertiary/aromatic N) is 1. The molecule has 11 heteroatoms. The van der Waals surface area contributed by atoms with Gasteiger partial charge in [0, 0.05) is 35.8 Å². The standard InChI is InChI=1S/C23H21NO8S2/c1-23(7-5-15-10-18(34(30,31)32)12-21(25)19(15)6-8-23)24(2)16-4-3-14-9-17(33(27,28)29)13-22(26)20(14)11-16/h3-13,25-26H,1-2H3,(H,27,28,29)(H,30,31,32). The fraction of sp³-hybridized carbons (Fsp3) is 0.130. The Bertz CT molecular complexity index is 1610. The van der Waals surface area contributed by atoms with Gasteiger partial charge in [0.15, 0.2) is 0 Å². The fourth-order valence-electron chi connectivity index (χ4n) is 3.83. The van der Waals surface area contributed by atoms with Crippen LogP contribution >= 0.6 is 0 Å². The number of hydrogen-bond donors (Lipinski definition) is 4. The van der Waals surface area contributed by atoms with Crippen LogP contribution in [0, 0.1) is 0 Å². The van der Waals surface area contributed by atoms with Gasteiger partial charge in [-0.05, 0) is 42.1 Å². The van der Waals surface area contributed by atoms with Gasteiger partial charge in [0.25, 0.3) is 20.2 Å². The highest BCUT2D eigenvalue weighted by Gasteiger charge is 2.27. The third-order valence-corrected chi connectivity index (χ3v) is 7.61. The third kappa shape index (κ3) is 4.26. The molecule has 1 aliphatic carbocycles. The van der Waals surface area contributed by atoms with E-state index in [1.54, 1.807) is 49.6 Å². The van der Waals surface area contributed by atoms with Gasteiger partial charge in [-0.3, -0.25) is 9.11 Å². The second-order valence-electron chi connectivity index (χ2n) is 8.19. The van der Waals surface area contributed by atoms with Gasteiger partial charge in [-0.2, -0.15) is 16.8 Å². The van der Waals surface area contributed by atoms with E-state index < -0.39 is 35.6 Å². The maximum atomic E-state index is 11.5. The highest BCUT2D eigenvalue weighted by Crippen LogP contribution is 2.37. The molecule has 0 bridgehead atoms. The summed E-state index contributed by atoms with van der Waals surface area (Å²) in [7, 11) is -7.19. The lowest BCUT2D eigenvalue weighted by Crippen LogP contribution is -2.40. The smallest absolute Gasteiger partial charge is 0.294 e. The Balaban J connectivity index is 1.76. The fourth-order valence-corrected chi connectivity index (χ4v) is 4.90. The molecule has 0 fully saturated rings. The first-order valence-electron chi connectivity index (χ1n) is 9.90. The first kappa shape index (κ1) is 23.8. The van der Waals surface area contributed by atoms with Crippen molar-refractivity contribution in [1.29, 1.82) is 0 Å². The van der Waals surface area contributed by atoms with E-state index in [0.717, 1.165) is 12.1 Å². The molecule has 9 nitrogen and oxygen atoms in total. The molecule has 178 valence electrons. The highest BCUT2D eigenvalue weighted by atomic mass is 32.2. The minimum absolute atomic E-state index is 0.303. The minimum atomic E-state index is -4.50. The first-order chi connectivity index (χ1) is 15.7. The van der Waals surface area contributed by atoms with E-state index in [-0.39, 0.29) is 11.5 Å². The van der Waals surface area contributed by atoms with Gasteiger partial charge in [-0.1, -0.05) is 30.4 Å². The Labute approximate surface area is 196 Å². The third-order valence-electron chi connectivity index (χ3n) is 5.95. The Morgan fingerprint density at radius 3 is 2.03 bits per heavy atom. The second kappa shape index (κ2) is 7.84. The Morgan fingerprint density at radius 1 is 0.794 bits per heavy atom. The van der Waals surface area contributed by atoms with Gasteiger partial charge in [-0.15, -0.1) is 0 Å². The van der Waals surface area contributed by atoms with E-state index in [2.05, 4.69) is 0 Å². The van der Waals surface area contributed by atoms with Crippen molar-refractivity contribution < 1.29 is 36.2 Å². The van der Waals surface area contributed by atoms with E-state index in [0.29, 0.717) is 27.6 Å². The van der Waals surface area contributed by atoms with Crippen molar-refractivity contribution in [3.05, 3.63) is 65.7 Å². The zero-order valence-electron chi connectivity index (χ0n) is 18.0. The van der Waals surface area contributed by atoms with Crippen molar-refractivity contribution in [3.63, 3.8) is 0 Å². The summed E-state index contributed by atoms with van der Waals surface area (Å²) in [5.74, 6) is -0.615. The lowest BCUT2D eigenvalue weighted by Gasteiger charge is -2.36. The average molecular weight is 504 g/mol. The molecular formula is C23H21NO8S2. The summed E-state index contributed by atoms with van der Waals surface area (Å²) in [5, 5.41) is 21.5. The van der Waals surface area contributed by atoms with Crippen LogP contribution in [0.5, 0.6) is 11.5 Å². The van der Waals surface area contributed by atoms with Gasteiger partial charge >= 0.3 is 0 Å². The molecule has 0 saturated carbocycles. The quantitative estimate of drug-likeness (QED) is 0.391. The summed E-state index contributed by atoms with van der Waals surface area (Å²) >= 11 is 0. The molecular weight excluding hydrogens is 482 g/mol. The maximum absolute atomic E-state index is 11.5. The molecule has 0 heterocycles. The number of phenolic OH excluding ortho intramolecular Hbond substituents is 2. The van der Waals surface area contributed by atoms with Crippen LogP contribution in [0.3, 0.4) is 0 Å². The zero-order chi connectivity index (χ0) is 25.1. The molecule has 0 saturated heterocycles. The van der Waals surface area contributed by atoms with E-state index in [4.69, 9.17) is 0 Å². The summed E-state index contributed by atoms with van der Waals surface area (Å²) in [6.45, 7) is 1.87. The van der Waals surface area contributed by atoms with E-state index in [1.807, 2.05) is 11.8 Å². The van der Waals surface area contributed by atoms with Gasteiger partial charge in [-0.25, -0.2) is 0 Å². The Kier molecular flexibility index (Phi) is 5.48. The van der Waals surface area contributed by atoms with Gasteiger partial charge in [0.2, 0.25) is 0 Å². The number of phenols is 2. The number of benzene rings is 3. The average Bonchev–Trinajstić information content (AvgIpc) is 2.92. The van der Waals surface area contributed by atoms with E-state index in [1.165, 1.54) is 12.1 Å². The SMILES string of the molecule is CN(c1ccc2cc(S(=O)(=O)O)cc(O)c2c1)C1(C)C=Cc2cc(S(=O)(=O)O)cc(O)c2C=C1. The van der Waals surface area contributed by atoms with Crippen molar-refractivity contribution >= 4 is 48.8 Å². The molecule has 4 rings (SSSR count). The number of fused-ring (bicyclic) bond motifs is 2. The Morgan fingerprint density at radius 2 is 1.38 bits per heavy atom. The van der Waals surface area contributed by atoms with Crippen molar-refractivity contribution in [1.82, 2.24) is 0 Å². The monoisotopic (exact) mass is 503 g/mol. The van der Waals surface area contributed by atoms with E-state index >= 15 is 0 Å². The molecule has 0 aliphatic heterocycles. The first-order valence-corrected chi connectivity index (χ1v) is 12.8. The summed E-state index contributed by atoms with van der Waals surface area (Å²) in [5.41, 5.74) is 0.680. The molecule has 34 heavy (non-hydrogen) atoms. The van der Waals surface area contributed by atoms with E-state index in [9.17, 15) is 36.2 Å². The van der Waals surface area contributed by atoms with Crippen LogP contribution < -0.4 is 4.90 Å². The Hall–Kier alpha value is -3.38. The number of likely N-dealkylation sites (N-methyl/N-ethyl adjacent to an activating group) is 1. The lowest BCUT2D eigenvalue weighted by atomic mass is 9.97. The van der Waals surface area contributed by atoms with Crippen molar-refractivity contribution in [2.24, 2.45) is 0 Å². The minimum Gasteiger partial charge on any atom is -0.507 e. The molecule has 3 aromatic rings. The van der Waals surface area contributed by atoms with Crippen LogP contribution in [-0.4, -0.2) is 48.7 Å². The lowest BCUT2D eigenvalue weighted by molar-refractivity contribution is 0.465. The van der Waals surface area contributed by atoms with Crippen molar-refractivity contribution in [3.8, 4) is 11.5 Å². The molecule has 1 atom stereocenters. The predicted molar refractivity (Wildman–Crippen MR) is 128 cm³/mol. The van der Waals surface area contributed by atoms with Crippen LogP contribution in [0.25, 0.3) is 22.9 Å². The summed E-state index contributed by atoms with van der Waals surface area (Å²) in [6, 6.07) is 9.46. The molecule has 0 amide bonds. The molecule has 1 unspecified atom stereocenters. The number of rotatable bonds is 4. The summed E-state index contributed by atoms with van der Waals surface area (Å²) < 4.78 is 64.5. The van der Waals surface area contributed by atoms with Crippen LogP contribution in [0.2, 0.25) is 0 Å². The predicted octanol–water partition coefficient (Wildman–Crippen LogP) is 3.68. The maximum Gasteiger partial charge on any atom is 0.294 e. The van der Waals surface area contributed by atoms with Gasteiger partial charge in [0.05, 0.1) is 15.3 Å². The van der Waals surface area contributed by atoms with Crippen LogP contribution in [0.4, 0.5) is 5.69 Å². The topological polar surface area (TPSA) is 152 Å².